The summed E-state index contributed by atoms with van der Waals surface area (Å²) in [7, 11) is 0. The molecule has 0 heterocycles. The van der Waals surface area contributed by atoms with E-state index in [9.17, 15) is 17.6 Å². The molecule has 0 spiro atoms. The highest BCUT2D eigenvalue weighted by molar-refractivity contribution is 5.58. The number of hydrogen-bond donors (Lipinski definition) is 1. The van der Waals surface area contributed by atoms with Gasteiger partial charge in [-0.05, 0) is 30.7 Å². The van der Waals surface area contributed by atoms with Crippen LogP contribution in [0.25, 0.3) is 0 Å². The van der Waals surface area contributed by atoms with Crippen LogP contribution in [0.2, 0.25) is 0 Å². The number of anilines is 1. The molecule has 0 amide bonds. The number of rotatable bonds is 4. The lowest BCUT2D eigenvalue weighted by Gasteiger charge is -2.13. The summed E-state index contributed by atoms with van der Waals surface area (Å²) in [4.78, 5) is 0. The first-order valence-corrected chi connectivity index (χ1v) is 5.84. The van der Waals surface area contributed by atoms with Crippen molar-refractivity contribution in [1.82, 2.24) is 0 Å². The molecule has 0 aliphatic rings. The van der Waals surface area contributed by atoms with Crippen LogP contribution in [0, 0.1) is 18.6 Å². The Kier molecular flexibility index (Phi) is 4.21. The van der Waals surface area contributed by atoms with E-state index in [1.54, 1.807) is 6.92 Å². The van der Waals surface area contributed by atoms with E-state index in [-0.39, 0.29) is 17.2 Å². The summed E-state index contributed by atoms with van der Waals surface area (Å²) in [6, 6.07) is 5.47. The Balaban J connectivity index is 2.34. The van der Waals surface area contributed by atoms with Crippen molar-refractivity contribution in [1.29, 1.82) is 0 Å². The van der Waals surface area contributed by atoms with E-state index in [1.165, 1.54) is 18.2 Å². The molecule has 112 valence electrons. The maximum Gasteiger partial charge on any atom is 0.387 e. The van der Waals surface area contributed by atoms with Gasteiger partial charge >= 0.3 is 6.61 Å². The molecule has 7 heteroatoms. The van der Waals surface area contributed by atoms with Crippen molar-refractivity contribution in [3.63, 3.8) is 0 Å². The number of ether oxygens (including phenoxy) is 2. The molecule has 0 aliphatic heterocycles. The molecular formula is C14H11F4NO2. The second-order valence-corrected chi connectivity index (χ2v) is 4.21. The maximum atomic E-state index is 13.4. The van der Waals surface area contributed by atoms with Gasteiger partial charge in [0.2, 0.25) is 0 Å². The minimum atomic E-state index is -3.18. The first kappa shape index (κ1) is 15.0. The molecule has 0 radical (unpaired) electrons. The van der Waals surface area contributed by atoms with Crippen LogP contribution >= 0.6 is 0 Å². The van der Waals surface area contributed by atoms with Crippen molar-refractivity contribution >= 4 is 5.69 Å². The fraction of sp³-hybridized carbons (Fsp3) is 0.143. The van der Waals surface area contributed by atoms with E-state index in [1.807, 2.05) is 0 Å². The Morgan fingerprint density at radius 2 is 1.71 bits per heavy atom. The van der Waals surface area contributed by atoms with Gasteiger partial charge in [0.05, 0.1) is 5.69 Å². The summed E-state index contributed by atoms with van der Waals surface area (Å²) in [5.41, 5.74) is 5.94. The third kappa shape index (κ3) is 3.56. The molecule has 2 rings (SSSR count). The van der Waals surface area contributed by atoms with E-state index in [2.05, 4.69) is 4.74 Å². The largest absolute Gasteiger partial charge is 0.455 e. The van der Waals surface area contributed by atoms with Gasteiger partial charge in [-0.25, -0.2) is 8.78 Å². The summed E-state index contributed by atoms with van der Waals surface area (Å²) in [6.45, 7) is -1.59. The fourth-order valence-electron chi connectivity index (χ4n) is 1.67. The molecule has 21 heavy (non-hydrogen) atoms. The van der Waals surface area contributed by atoms with Crippen molar-refractivity contribution in [2.75, 3.05) is 5.73 Å². The number of nitrogen functional groups attached to an aromatic ring is 1. The van der Waals surface area contributed by atoms with Crippen LogP contribution in [-0.4, -0.2) is 6.61 Å². The first-order chi connectivity index (χ1) is 9.86. The second-order valence-electron chi connectivity index (χ2n) is 4.21. The molecule has 0 bridgehead atoms. The smallest absolute Gasteiger partial charge is 0.387 e. The Labute approximate surface area is 117 Å². The van der Waals surface area contributed by atoms with Crippen molar-refractivity contribution in [3.8, 4) is 17.2 Å². The van der Waals surface area contributed by atoms with Crippen molar-refractivity contribution in [2.45, 2.75) is 13.5 Å². The molecule has 0 saturated heterocycles. The second kappa shape index (κ2) is 5.90. The van der Waals surface area contributed by atoms with Gasteiger partial charge in [-0.2, -0.15) is 8.78 Å². The highest BCUT2D eigenvalue weighted by atomic mass is 19.3. The summed E-state index contributed by atoms with van der Waals surface area (Å²) in [5, 5.41) is 0. The lowest BCUT2D eigenvalue weighted by molar-refractivity contribution is -0.0522. The highest BCUT2D eigenvalue weighted by Gasteiger charge is 2.15. The Morgan fingerprint density at radius 3 is 2.33 bits per heavy atom. The SMILES string of the molecule is Cc1cc(F)ccc1Oc1cc(OC(F)F)c(F)cc1N. The molecule has 2 aromatic rings. The van der Waals surface area contributed by atoms with Crippen LogP contribution in [0.15, 0.2) is 30.3 Å². The molecule has 3 nitrogen and oxygen atoms in total. The standard InChI is InChI=1S/C14H11F4NO2/c1-7-4-8(15)2-3-11(7)20-13-6-12(21-14(17)18)9(16)5-10(13)19/h2-6,14H,19H2,1H3. The number of hydrogen-bond acceptors (Lipinski definition) is 3. The van der Waals surface area contributed by atoms with Crippen LogP contribution in [0.3, 0.4) is 0 Å². The molecule has 0 aliphatic carbocycles. The zero-order chi connectivity index (χ0) is 15.6. The van der Waals surface area contributed by atoms with E-state index in [4.69, 9.17) is 10.5 Å². The van der Waals surface area contributed by atoms with E-state index in [0.29, 0.717) is 5.56 Å². The molecule has 2 N–H and O–H groups in total. The van der Waals surface area contributed by atoms with Gasteiger partial charge in [-0.3, -0.25) is 0 Å². The molecule has 0 atom stereocenters. The van der Waals surface area contributed by atoms with E-state index < -0.39 is 24.0 Å². The minimum absolute atomic E-state index is 0.0678. The number of aryl methyl sites for hydroxylation is 1. The molecule has 0 saturated carbocycles. The Hall–Kier alpha value is -2.44. The van der Waals surface area contributed by atoms with Crippen LogP contribution in [0.4, 0.5) is 23.2 Å². The zero-order valence-corrected chi connectivity index (χ0v) is 10.9. The van der Waals surface area contributed by atoms with Gasteiger partial charge in [-0.15, -0.1) is 0 Å². The Morgan fingerprint density at radius 1 is 1.00 bits per heavy atom. The highest BCUT2D eigenvalue weighted by Crippen LogP contribution is 2.35. The monoisotopic (exact) mass is 301 g/mol. The summed E-state index contributed by atoms with van der Waals surface area (Å²) < 4.78 is 60.2. The minimum Gasteiger partial charge on any atom is -0.455 e. The number of nitrogens with two attached hydrogens (primary N) is 1. The molecule has 0 unspecified atom stereocenters. The summed E-state index contributed by atoms with van der Waals surface area (Å²) in [6.07, 6.45) is 0. The van der Waals surface area contributed by atoms with Crippen LogP contribution in [-0.2, 0) is 0 Å². The zero-order valence-electron chi connectivity index (χ0n) is 10.9. The number of alkyl halides is 2. The average Bonchev–Trinajstić information content (AvgIpc) is 2.37. The van der Waals surface area contributed by atoms with Gasteiger partial charge in [0, 0.05) is 12.1 Å². The summed E-state index contributed by atoms with van der Waals surface area (Å²) >= 11 is 0. The third-order valence-electron chi connectivity index (χ3n) is 2.64. The van der Waals surface area contributed by atoms with Gasteiger partial charge in [-0.1, -0.05) is 0 Å². The quantitative estimate of drug-likeness (QED) is 0.678. The maximum absolute atomic E-state index is 13.4. The Bertz CT molecular complexity index is 662. The van der Waals surface area contributed by atoms with Gasteiger partial charge in [0.1, 0.15) is 11.6 Å². The number of halogens is 4. The number of benzene rings is 2. The van der Waals surface area contributed by atoms with Gasteiger partial charge < -0.3 is 15.2 Å². The average molecular weight is 301 g/mol. The van der Waals surface area contributed by atoms with Gasteiger partial charge in [0.15, 0.2) is 17.3 Å². The van der Waals surface area contributed by atoms with Crippen molar-refractivity contribution < 1.29 is 27.0 Å². The predicted molar refractivity (Wildman–Crippen MR) is 68.7 cm³/mol. The van der Waals surface area contributed by atoms with Crippen LogP contribution in [0.1, 0.15) is 5.56 Å². The third-order valence-corrected chi connectivity index (χ3v) is 2.64. The van der Waals surface area contributed by atoms with Crippen molar-refractivity contribution in [2.24, 2.45) is 0 Å². The molecular weight excluding hydrogens is 290 g/mol. The van der Waals surface area contributed by atoms with Gasteiger partial charge in [0.25, 0.3) is 0 Å². The fourth-order valence-corrected chi connectivity index (χ4v) is 1.67. The predicted octanol–water partition coefficient (Wildman–Crippen LogP) is 4.25. The first-order valence-electron chi connectivity index (χ1n) is 5.84. The van der Waals surface area contributed by atoms with E-state index >= 15 is 0 Å². The van der Waals surface area contributed by atoms with Crippen LogP contribution < -0.4 is 15.2 Å². The molecule has 0 aromatic heterocycles. The van der Waals surface area contributed by atoms with Crippen molar-refractivity contribution in [3.05, 3.63) is 47.5 Å². The summed E-state index contributed by atoms with van der Waals surface area (Å²) in [5.74, 6) is -1.97. The molecule has 0 fully saturated rings. The van der Waals surface area contributed by atoms with Crippen LogP contribution in [0.5, 0.6) is 17.2 Å². The topological polar surface area (TPSA) is 44.5 Å². The lowest BCUT2D eigenvalue weighted by atomic mass is 10.2. The molecule has 2 aromatic carbocycles. The lowest BCUT2D eigenvalue weighted by Crippen LogP contribution is -2.05. The normalized spacial score (nSPS) is 10.8. The van der Waals surface area contributed by atoms with E-state index in [0.717, 1.165) is 12.1 Å².